The predicted molar refractivity (Wildman–Crippen MR) is 125 cm³/mol. The van der Waals surface area contributed by atoms with Crippen LogP contribution in [0.25, 0.3) is 22.3 Å². The summed E-state index contributed by atoms with van der Waals surface area (Å²) < 4.78 is 1.36. The van der Waals surface area contributed by atoms with Gasteiger partial charge in [-0.25, -0.2) is 0 Å². The predicted octanol–water partition coefficient (Wildman–Crippen LogP) is 5.42. The first-order valence-corrected chi connectivity index (χ1v) is 11.8. The van der Waals surface area contributed by atoms with Gasteiger partial charge in [-0.3, -0.25) is 0 Å². The average molecular weight is 451 g/mol. The van der Waals surface area contributed by atoms with Crippen LogP contribution in [0.2, 0.25) is 0 Å². The van der Waals surface area contributed by atoms with Crippen LogP contribution in [0.4, 0.5) is 0 Å². The summed E-state index contributed by atoms with van der Waals surface area (Å²) in [4.78, 5) is 10.2. The number of aromatic nitrogens is 2. The minimum absolute atomic E-state index is 0.188. The molecule has 5 rings (SSSR count). The van der Waals surface area contributed by atoms with Gasteiger partial charge in [0.1, 0.15) is 0 Å². The van der Waals surface area contributed by atoms with Crippen LogP contribution < -0.4 is 4.46 Å². The van der Waals surface area contributed by atoms with Crippen LogP contribution in [0.5, 0.6) is 0 Å². The summed E-state index contributed by atoms with van der Waals surface area (Å²) >= 11 is 0.188. The van der Waals surface area contributed by atoms with Crippen molar-refractivity contribution in [3.05, 3.63) is 127 Å². The number of hydrogen-bond donors (Lipinski definition) is 0. The first-order chi connectivity index (χ1) is 14.9. The topological polar surface area (TPSA) is 25.8 Å². The summed E-state index contributed by atoms with van der Waals surface area (Å²) in [7, 11) is 0. The molecule has 3 heteroatoms. The summed E-state index contributed by atoms with van der Waals surface area (Å²) in [6, 6.07) is 40.1. The number of nitrogens with zero attached hydrogens (tertiary/aromatic N) is 2. The number of para-hydroxylation sites is 1. The zero-order chi connectivity index (χ0) is 20.2. The third-order valence-electron chi connectivity index (χ3n) is 5.01. The van der Waals surface area contributed by atoms with Crippen LogP contribution in [-0.2, 0) is 0 Å². The Bertz CT molecular complexity index is 1260. The maximum atomic E-state index is 5.15. The third-order valence-corrected chi connectivity index (χ3v) is 7.69. The molecule has 2 nitrogen and oxygen atoms in total. The van der Waals surface area contributed by atoms with Gasteiger partial charge >= 0.3 is 183 Å². The van der Waals surface area contributed by atoms with Crippen LogP contribution >= 0.6 is 0 Å². The van der Waals surface area contributed by atoms with E-state index in [0.717, 1.165) is 28.0 Å². The molecule has 144 valence electrons. The first kappa shape index (κ1) is 18.7. The van der Waals surface area contributed by atoms with E-state index in [2.05, 4.69) is 91.0 Å². The fourth-order valence-electron chi connectivity index (χ4n) is 3.56. The van der Waals surface area contributed by atoms with Crippen molar-refractivity contribution in [3.63, 3.8) is 0 Å². The van der Waals surface area contributed by atoms with Crippen molar-refractivity contribution in [2.75, 3.05) is 0 Å². The molecule has 0 amide bonds. The first-order valence-electron chi connectivity index (χ1n) is 9.97. The quantitative estimate of drug-likeness (QED) is 0.334. The van der Waals surface area contributed by atoms with E-state index in [4.69, 9.17) is 9.97 Å². The monoisotopic (exact) mass is 452 g/mol. The van der Waals surface area contributed by atoms with Gasteiger partial charge in [-0.2, -0.15) is 0 Å². The second-order valence-corrected chi connectivity index (χ2v) is 9.51. The summed E-state index contributed by atoms with van der Waals surface area (Å²) in [6.45, 7) is 0. The Hall–Kier alpha value is -3.26. The Morgan fingerprint density at radius 2 is 1.17 bits per heavy atom. The SMILES string of the molecule is c1ccc([Se]C(c2ccccc2)c2nc(-c3ccccc3)nc3ccccc23)cc1. The van der Waals surface area contributed by atoms with E-state index in [-0.39, 0.29) is 19.8 Å². The molecule has 0 radical (unpaired) electrons. The molecule has 1 atom stereocenters. The molecule has 0 saturated heterocycles. The zero-order valence-corrected chi connectivity index (χ0v) is 18.1. The van der Waals surface area contributed by atoms with Crippen molar-refractivity contribution in [2.24, 2.45) is 0 Å². The van der Waals surface area contributed by atoms with Crippen molar-refractivity contribution in [2.45, 2.75) is 4.82 Å². The molecule has 0 aliphatic rings. The Labute approximate surface area is 182 Å². The molecule has 1 unspecified atom stereocenters. The van der Waals surface area contributed by atoms with Crippen molar-refractivity contribution in [3.8, 4) is 11.4 Å². The molecule has 1 aromatic heterocycles. The van der Waals surface area contributed by atoms with Gasteiger partial charge in [-0.1, -0.05) is 0 Å². The van der Waals surface area contributed by atoms with Crippen molar-refractivity contribution < 1.29 is 0 Å². The summed E-state index contributed by atoms with van der Waals surface area (Å²) in [5, 5.41) is 1.13. The fourth-order valence-corrected chi connectivity index (χ4v) is 6.02. The molecule has 1 heterocycles. The van der Waals surface area contributed by atoms with Crippen molar-refractivity contribution in [1.82, 2.24) is 9.97 Å². The number of rotatable bonds is 5. The van der Waals surface area contributed by atoms with E-state index in [1.165, 1.54) is 10.0 Å². The van der Waals surface area contributed by atoms with E-state index in [1.54, 1.807) is 0 Å². The van der Waals surface area contributed by atoms with E-state index in [1.807, 2.05) is 24.3 Å². The molecule has 4 aromatic carbocycles. The van der Waals surface area contributed by atoms with Gasteiger partial charge in [0.15, 0.2) is 0 Å². The molecule has 0 N–H and O–H groups in total. The molecule has 0 bridgehead atoms. The van der Waals surface area contributed by atoms with Crippen LogP contribution in [0.15, 0.2) is 115 Å². The van der Waals surface area contributed by atoms with E-state index in [0.29, 0.717) is 0 Å². The normalized spacial score (nSPS) is 12.0. The number of fused-ring (bicyclic) bond motifs is 1. The maximum absolute atomic E-state index is 5.15. The van der Waals surface area contributed by atoms with Gasteiger partial charge in [0, 0.05) is 0 Å². The fraction of sp³-hybridized carbons (Fsp3) is 0.0370. The van der Waals surface area contributed by atoms with Gasteiger partial charge in [0.25, 0.3) is 0 Å². The van der Waals surface area contributed by atoms with E-state index in [9.17, 15) is 0 Å². The van der Waals surface area contributed by atoms with Crippen molar-refractivity contribution >= 4 is 30.3 Å². The molecule has 5 aromatic rings. The van der Waals surface area contributed by atoms with Crippen molar-refractivity contribution in [1.29, 1.82) is 0 Å². The van der Waals surface area contributed by atoms with Gasteiger partial charge in [-0.15, -0.1) is 0 Å². The Morgan fingerprint density at radius 3 is 1.90 bits per heavy atom. The van der Waals surface area contributed by atoms with Gasteiger partial charge in [0.2, 0.25) is 0 Å². The second kappa shape index (κ2) is 8.62. The third kappa shape index (κ3) is 3.91. The van der Waals surface area contributed by atoms with Gasteiger partial charge in [0.05, 0.1) is 0 Å². The average Bonchev–Trinajstić information content (AvgIpc) is 2.84. The van der Waals surface area contributed by atoms with Crippen LogP contribution in [0.1, 0.15) is 16.1 Å². The molecule has 0 aliphatic carbocycles. The van der Waals surface area contributed by atoms with Crippen LogP contribution in [0, 0.1) is 0 Å². The molecular formula is C27H20N2Se. The van der Waals surface area contributed by atoms with Crippen LogP contribution in [0.3, 0.4) is 0 Å². The Balaban J connectivity index is 1.72. The molecule has 0 fully saturated rings. The zero-order valence-electron chi connectivity index (χ0n) is 16.3. The van der Waals surface area contributed by atoms with Gasteiger partial charge < -0.3 is 0 Å². The number of hydrogen-bond acceptors (Lipinski definition) is 2. The second-order valence-electron chi connectivity index (χ2n) is 7.04. The molecule has 0 aliphatic heterocycles. The summed E-state index contributed by atoms with van der Waals surface area (Å²) in [5.41, 5.74) is 4.44. The minimum atomic E-state index is 0.188. The molecule has 30 heavy (non-hydrogen) atoms. The molecule has 0 spiro atoms. The summed E-state index contributed by atoms with van der Waals surface area (Å²) in [5.74, 6) is 0.786. The van der Waals surface area contributed by atoms with E-state index < -0.39 is 0 Å². The molecular weight excluding hydrogens is 431 g/mol. The van der Waals surface area contributed by atoms with Crippen LogP contribution in [-0.4, -0.2) is 24.9 Å². The van der Waals surface area contributed by atoms with Gasteiger partial charge in [-0.05, 0) is 0 Å². The Kier molecular flexibility index (Phi) is 5.39. The van der Waals surface area contributed by atoms with E-state index >= 15 is 0 Å². The number of benzene rings is 4. The standard InChI is InChI=1S/C27H20N2Se/c1-4-12-20(13-5-1)26(30-22-16-8-3-9-17-22)25-23-18-10-11-19-24(23)28-27(29-25)21-14-6-2-7-15-21/h1-19,26H. The molecule has 0 saturated carbocycles. The Morgan fingerprint density at radius 1 is 0.567 bits per heavy atom. The summed E-state index contributed by atoms with van der Waals surface area (Å²) in [6.07, 6.45) is 0.